The monoisotopic (exact) mass is 505 g/mol. The van der Waals surface area contributed by atoms with E-state index in [0.29, 0.717) is 5.92 Å². The number of benzene rings is 2. The molecule has 0 amide bonds. The van der Waals surface area contributed by atoms with Gasteiger partial charge in [0.25, 0.3) is 5.92 Å². The van der Waals surface area contributed by atoms with E-state index in [-0.39, 0.29) is 5.56 Å². The maximum Gasteiger partial charge on any atom is 0.270 e. The third-order valence-corrected chi connectivity index (χ3v) is 7.37. The molecule has 1 fully saturated rings. The van der Waals surface area contributed by atoms with Crippen molar-refractivity contribution in [3.05, 3.63) is 101 Å². The average Bonchev–Trinajstić information content (AvgIpc) is 3.36. The molecule has 196 valence electrons. The lowest BCUT2D eigenvalue weighted by molar-refractivity contribution is 0.0174. The Morgan fingerprint density at radius 3 is 2.41 bits per heavy atom. The number of alkyl halides is 2. The summed E-state index contributed by atoms with van der Waals surface area (Å²) in [5, 5.41) is 9.20. The molecule has 6 heteroatoms. The number of aryl methyl sites for hydroxylation is 2. The Morgan fingerprint density at radius 2 is 1.73 bits per heavy atom. The summed E-state index contributed by atoms with van der Waals surface area (Å²) in [4.78, 5) is 4.82. The average molecular weight is 506 g/mol. The number of allylic oxidation sites excluding steroid dienone is 2. The van der Waals surface area contributed by atoms with E-state index < -0.39 is 5.92 Å². The van der Waals surface area contributed by atoms with Gasteiger partial charge in [0, 0.05) is 55.1 Å². The zero-order chi connectivity index (χ0) is 26.4. The summed E-state index contributed by atoms with van der Waals surface area (Å²) in [5.41, 5.74) is 10.5. The van der Waals surface area contributed by atoms with E-state index in [1.807, 2.05) is 18.4 Å². The van der Waals surface area contributed by atoms with Crippen LogP contribution in [-0.2, 0) is 18.8 Å². The molecule has 0 atom stereocenters. The number of hydrogen-bond acceptors (Lipinski definition) is 4. The summed E-state index contributed by atoms with van der Waals surface area (Å²) >= 11 is 0. The van der Waals surface area contributed by atoms with E-state index >= 15 is 0 Å². The van der Waals surface area contributed by atoms with Crippen molar-refractivity contribution >= 4 is 11.8 Å². The fraction of sp³-hybridized carbons (Fsp3) is 0.387. The number of nitrogens with zero attached hydrogens (tertiary/aromatic N) is 2. The van der Waals surface area contributed by atoms with E-state index in [1.54, 1.807) is 12.1 Å². The van der Waals surface area contributed by atoms with Crippen LogP contribution in [0.25, 0.3) is 5.57 Å². The molecule has 0 aromatic heterocycles. The van der Waals surface area contributed by atoms with Crippen molar-refractivity contribution in [1.82, 2.24) is 10.4 Å². The molecule has 0 saturated heterocycles. The molecular weight excluding hydrogens is 468 g/mol. The first-order valence-corrected chi connectivity index (χ1v) is 13.1. The van der Waals surface area contributed by atoms with Gasteiger partial charge in [0.15, 0.2) is 5.82 Å². The van der Waals surface area contributed by atoms with Crippen LogP contribution >= 0.6 is 0 Å². The van der Waals surface area contributed by atoms with Crippen molar-refractivity contribution in [3.8, 4) is 0 Å². The summed E-state index contributed by atoms with van der Waals surface area (Å²) in [6.45, 7) is 5.66. The number of hydrazine groups is 1. The molecule has 0 spiro atoms. The first-order chi connectivity index (χ1) is 17.9. The normalized spacial score (nSPS) is 18.0. The lowest BCUT2D eigenvalue weighted by Crippen LogP contribution is -2.37. The molecule has 2 aliphatic heterocycles. The maximum atomic E-state index is 13.8. The number of hydrogen-bond donors (Lipinski definition) is 2. The van der Waals surface area contributed by atoms with Gasteiger partial charge in [-0.15, -0.1) is 0 Å². The molecule has 0 bridgehead atoms. The molecule has 2 N–H and O–H groups in total. The standard InChI is InChI=1S/C30H33F2N3.CH4O/c1-3-23-19-34-35-28(24-11-5-4-6-12-24)27(20-33-29(23)35)25-13-7-9-21(17-25)15-16-22-10-8-14-26(18-22)30(2,31)32;1-2/h3,7-10,13-14,17-18,20,24,34H,1,4-6,11-12,15-16,19H2,2H3;2H,1H3. The Kier molecular flexibility index (Phi) is 8.72. The van der Waals surface area contributed by atoms with E-state index in [0.717, 1.165) is 55.9 Å². The number of aliphatic imine (C=N–C) groups is 1. The van der Waals surface area contributed by atoms with Crippen molar-refractivity contribution in [1.29, 1.82) is 0 Å². The van der Waals surface area contributed by atoms with Crippen molar-refractivity contribution in [2.24, 2.45) is 10.9 Å². The van der Waals surface area contributed by atoms with Gasteiger partial charge >= 0.3 is 0 Å². The van der Waals surface area contributed by atoms with Gasteiger partial charge in [-0.05, 0) is 48.4 Å². The molecule has 37 heavy (non-hydrogen) atoms. The molecule has 5 rings (SSSR count). The lowest BCUT2D eigenvalue weighted by atomic mass is 9.83. The van der Waals surface area contributed by atoms with Crippen LogP contribution in [0.3, 0.4) is 0 Å². The van der Waals surface area contributed by atoms with Crippen LogP contribution in [0.4, 0.5) is 8.78 Å². The predicted molar refractivity (Wildman–Crippen MR) is 147 cm³/mol. The Hall–Kier alpha value is -3.09. The van der Waals surface area contributed by atoms with Crippen molar-refractivity contribution in [3.63, 3.8) is 0 Å². The van der Waals surface area contributed by atoms with Crippen LogP contribution in [0.5, 0.6) is 0 Å². The highest BCUT2D eigenvalue weighted by atomic mass is 19.3. The van der Waals surface area contributed by atoms with Gasteiger partial charge in [-0.25, -0.2) is 19.2 Å². The number of rotatable bonds is 7. The number of nitrogens with one attached hydrogen (secondary N) is 1. The molecule has 3 aliphatic rings. The molecule has 0 radical (unpaired) electrons. The summed E-state index contributed by atoms with van der Waals surface area (Å²) < 4.78 is 27.5. The molecule has 4 nitrogen and oxygen atoms in total. The number of aliphatic hydroxyl groups excluding tert-OH is 1. The predicted octanol–water partition coefficient (Wildman–Crippen LogP) is 6.79. The van der Waals surface area contributed by atoms with Crippen molar-refractivity contribution in [2.75, 3.05) is 13.7 Å². The number of fused-ring (bicyclic) bond motifs is 1. The Morgan fingerprint density at radius 1 is 1.05 bits per heavy atom. The SMILES string of the molecule is C=CC1=C2N=CC(c3cccc(CCc4cccc(C(C)(F)F)c4)c3)=C(C3CCCCC3)N2NC1.CO. The molecule has 1 saturated carbocycles. The van der Waals surface area contributed by atoms with Crippen LogP contribution in [0.1, 0.15) is 61.3 Å². The second-order valence-corrected chi connectivity index (χ2v) is 9.90. The number of halogens is 2. The second kappa shape index (κ2) is 12.0. The lowest BCUT2D eigenvalue weighted by Gasteiger charge is -2.35. The summed E-state index contributed by atoms with van der Waals surface area (Å²) in [7, 11) is 1.00. The third-order valence-electron chi connectivity index (χ3n) is 7.37. The second-order valence-electron chi connectivity index (χ2n) is 9.90. The van der Waals surface area contributed by atoms with Crippen molar-refractivity contribution in [2.45, 2.75) is 57.8 Å². The van der Waals surface area contributed by atoms with Gasteiger partial charge in [-0.2, -0.15) is 0 Å². The van der Waals surface area contributed by atoms with E-state index in [4.69, 9.17) is 10.1 Å². The zero-order valence-corrected chi connectivity index (χ0v) is 21.8. The Bertz CT molecular complexity index is 1200. The fourth-order valence-corrected chi connectivity index (χ4v) is 5.46. The smallest absolute Gasteiger partial charge is 0.270 e. The molecule has 1 aliphatic carbocycles. The van der Waals surface area contributed by atoms with Gasteiger partial charge in [-0.3, -0.25) is 5.01 Å². The van der Waals surface area contributed by atoms with E-state index in [9.17, 15) is 8.78 Å². The molecule has 2 aromatic rings. The zero-order valence-electron chi connectivity index (χ0n) is 21.8. The first kappa shape index (κ1) is 27.0. The summed E-state index contributed by atoms with van der Waals surface area (Å²) in [6.07, 6.45) is 11.7. The highest BCUT2D eigenvalue weighted by Crippen LogP contribution is 2.40. The van der Waals surface area contributed by atoms with Gasteiger partial charge in [0.1, 0.15) is 0 Å². The van der Waals surface area contributed by atoms with Crippen LogP contribution in [0.2, 0.25) is 0 Å². The molecule has 2 aromatic carbocycles. The highest BCUT2D eigenvalue weighted by Gasteiger charge is 2.33. The first-order valence-electron chi connectivity index (χ1n) is 13.1. The molecule has 0 unspecified atom stereocenters. The van der Waals surface area contributed by atoms with E-state index in [2.05, 4.69) is 41.3 Å². The third kappa shape index (κ3) is 6.08. The van der Waals surface area contributed by atoms with Gasteiger partial charge in [-0.1, -0.05) is 74.4 Å². The minimum Gasteiger partial charge on any atom is -0.400 e. The topological polar surface area (TPSA) is 47.9 Å². The van der Waals surface area contributed by atoms with Gasteiger partial charge in [0.05, 0.1) is 0 Å². The Labute approximate surface area is 219 Å². The van der Waals surface area contributed by atoms with Gasteiger partial charge < -0.3 is 5.11 Å². The maximum absolute atomic E-state index is 13.8. The van der Waals surface area contributed by atoms with Gasteiger partial charge in [0.2, 0.25) is 0 Å². The van der Waals surface area contributed by atoms with Crippen LogP contribution in [0, 0.1) is 5.92 Å². The van der Waals surface area contributed by atoms with Crippen molar-refractivity contribution < 1.29 is 13.9 Å². The minimum atomic E-state index is -2.82. The van der Waals surface area contributed by atoms with Crippen LogP contribution in [0.15, 0.2) is 83.3 Å². The highest BCUT2D eigenvalue weighted by molar-refractivity contribution is 6.12. The molecule has 2 heterocycles. The fourth-order valence-electron chi connectivity index (χ4n) is 5.46. The largest absolute Gasteiger partial charge is 0.400 e. The quantitative estimate of drug-likeness (QED) is 0.436. The van der Waals surface area contributed by atoms with E-state index in [1.165, 1.54) is 55.0 Å². The molecular formula is C31H37F2N3O. The summed E-state index contributed by atoms with van der Waals surface area (Å²) in [5.74, 6) is -1.35. The Balaban J connectivity index is 0.00000156. The minimum absolute atomic E-state index is 0.0744. The van der Waals surface area contributed by atoms with Crippen LogP contribution < -0.4 is 5.43 Å². The van der Waals surface area contributed by atoms with Crippen LogP contribution in [-0.4, -0.2) is 30.0 Å². The number of aliphatic hydroxyl groups is 1. The summed E-state index contributed by atoms with van der Waals surface area (Å²) in [6, 6.07) is 15.4.